The van der Waals surface area contributed by atoms with Gasteiger partial charge in [0.15, 0.2) is 0 Å². The maximum Gasteiger partial charge on any atom is 0.327 e. The van der Waals surface area contributed by atoms with Crippen LogP contribution in [0.15, 0.2) is 79.0 Å². The minimum Gasteiger partial charge on any atom is -0.307 e. The summed E-state index contributed by atoms with van der Waals surface area (Å²) in [6, 6.07) is 23.1. The minimum absolute atomic E-state index is 0.204. The fourth-order valence-electron chi connectivity index (χ4n) is 2.55. The Morgan fingerprint density at radius 1 is 0.920 bits per heavy atom. The van der Waals surface area contributed by atoms with Crippen molar-refractivity contribution in [2.24, 2.45) is 0 Å². The fraction of sp³-hybridized carbons (Fsp3) is 0.143. The van der Waals surface area contributed by atoms with Gasteiger partial charge in [-0.2, -0.15) is 0 Å². The van der Waals surface area contributed by atoms with Crippen LogP contribution in [-0.4, -0.2) is 11.0 Å². The van der Waals surface area contributed by atoms with Gasteiger partial charge in [0.2, 0.25) is 0 Å². The number of hydrogen-bond acceptors (Lipinski definition) is 2. The van der Waals surface area contributed by atoms with Gasteiger partial charge in [-0.25, -0.2) is 9.78 Å². The minimum atomic E-state index is -0.204. The Bertz CT molecular complexity index is 802. The van der Waals surface area contributed by atoms with E-state index >= 15 is 0 Å². The van der Waals surface area contributed by atoms with Crippen molar-refractivity contribution in [2.75, 3.05) is 10.2 Å². The molecule has 126 valence electrons. The lowest BCUT2D eigenvalue weighted by Gasteiger charge is -2.22. The number of pyridine rings is 1. The Kier molecular flexibility index (Phi) is 5.42. The number of carbonyl (C=O) groups excluding carboxylic acids is 1. The summed E-state index contributed by atoms with van der Waals surface area (Å²) >= 11 is 0. The Morgan fingerprint density at radius 2 is 1.60 bits per heavy atom. The number of nitrogens with one attached hydrogen (secondary N) is 1. The second-order valence-electron chi connectivity index (χ2n) is 5.74. The SMILES string of the molecule is CCc1ccc(CN(C(=O)Nc2ccccc2)c2ccccn2)cc1. The Morgan fingerprint density at radius 3 is 2.24 bits per heavy atom. The number of rotatable bonds is 5. The molecule has 0 aliphatic heterocycles. The first-order chi connectivity index (χ1) is 12.3. The number of benzene rings is 2. The van der Waals surface area contributed by atoms with Crippen molar-refractivity contribution in [1.82, 2.24) is 4.98 Å². The Hall–Kier alpha value is -3.14. The average Bonchev–Trinajstić information content (AvgIpc) is 2.68. The molecule has 1 aromatic heterocycles. The van der Waals surface area contributed by atoms with Crippen LogP contribution >= 0.6 is 0 Å². The summed E-state index contributed by atoms with van der Waals surface area (Å²) in [5.41, 5.74) is 3.10. The Balaban J connectivity index is 1.83. The van der Waals surface area contributed by atoms with Gasteiger partial charge in [-0.05, 0) is 41.8 Å². The highest BCUT2D eigenvalue weighted by Gasteiger charge is 2.17. The van der Waals surface area contributed by atoms with Crippen molar-refractivity contribution in [3.63, 3.8) is 0 Å². The number of amides is 2. The van der Waals surface area contributed by atoms with E-state index in [0.29, 0.717) is 12.4 Å². The molecular formula is C21H21N3O. The molecule has 0 bridgehead atoms. The zero-order chi connectivity index (χ0) is 17.5. The van der Waals surface area contributed by atoms with E-state index in [1.165, 1.54) is 5.56 Å². The second kappa shape index (κ2) is 8.11. The number of para-hydroxylation sites is 1. The van der Waals surface area contributed by atoms with Crippen LogP contribution in [0.3, 0.4) is 0 Å². The number of aromatic nitrogens is 1. The summed E-state index contributed by atoms with van der Waals surface area (Å²) in [6.07, 6.45) is 2.69. The number of nitrogens with zero attached hydrogens (tertiary/aromatic N) is 2. The number of aryl methyl sites for hydroxylation is 1. The van der Waals surface area contributed by atoms with E-state index in [4.69, 9.17) is 0 Å². The third-order valence-electron chi connectivity index (χ3n) is 3.97. The molecule has 4 nitrogen and oxygen atoms in total. The first-order valence-corrected chi connectivity index (χ1v) is 8.38. The van der Waals surface area contributed by atoms with Crippen LogP contribution in [0.5, 0.6) is 0 Å². The topological polar surface area (TPSA) is 45.2 Å². The van der Waals surface area contributed by atoms with E-state index in [9.17, 15) is 4.79 Å². The molecule has 0 aliphatic carbocycles. The quantitative estimate of drug-likeness (QED) is 0.724. The summed E-state index contributed by atoms with van der Waals surface area (Å²) in [4.78, 5) is 18.8. The lowest BCUT2D eigenvalue weighted by Crippen LogP contribution is -2.35. The highest BCUT2D eigenvalue weighted by molar-refractivity contribution is 6.01. The fourth-order valence-corrected chi connectivity index (χ4v) is 2.55. The van der Waals surface area contributed by atoms with Crippen molar-refractivity contribution in [2.45, 2.75) is 19.9 Å². The molecule has 3 aromatic rings. The van der Waals surface area contributed by atoms with Crippen LogP contribution in [0, 0.1) is 0 Å². The van der Waals surface area contributed by atoms with Gasteiger partial charge in [-0.15, -0.1) is 0 Å². The Labute approximate surface area is 148 Å². The molecule has 2 amide bonds. The van der Waals surface area contributed by atoms with E-state index in [2.05, 4.69) is 41.5 Å². The number of anilines is 2. The molecule has 4 heteroatoms. The summed E-state index contributed by atoms with van der Waals surface area (Å²) in [5, 5.41) is 2.93. The van der Waals surface area contributed by atoms with Gasteiger partial charge in [0.05, 0.1) is 6.54 Å². The van der Waals surface area contributed by atoms with E-state index in [1.54, 1.807) is 11.1 Å². The molecule has 0 radical (unpaired) electrons. The van der Waals surface area contributed by atoms with Crippen molar-refractivity contribution < 1.29 is 4.79 Å². The molecule has 0 unspecified atom stereocenters. The second-order valence-corrected chi connectivity index (χ2v) is 5.74. The van der Waals surface area contributed by atoms with Crippen LogP contribution in [0.4, 0.5) is 16.3 Å². The molecule has 1 N–H and O–H groups in total. The molecule has 0 saturated carbocycles. The molecule has 0 saturated heterocycles. The summed E-state index contributed by atoms with van der Waals surface area (Å²) in [7, 11) is 0. The maximum atomic E-state index is 12.8. The maximum absolute atomic E-state index is 12.8. The van der Waals surface area contributed by atoms with E-state index in [-0.39, 0.29) is 6.03 Å². The van der Waals surface area contributed by atoms with Gasteiger partial charge < -0.3 is 5.32 Å². The molecule has 2 aromatic carbocycles. The van der Waals surface area contributed by atoms with Crippen LogP contribution < -0.4 is 10.2 Å². The average molecular weight is 331 g/mol. The monoisotopic (exact) mass is 331 g/mol. The lowest BCUT2D eigenvalue weighted by molar-refractivity contribution is 0.256. The molecule has 0 atom stereocenters. The van der Waals surface area contributed by atoms with Crippen molar-refractivity contribution in [3.8, 4) is 0 Å². The lowest BCUT2D eigenvalue weighted by atomic mass is 10.1. The van der Waals surface area contributed by atoms with Gasteiger partial charge in [0.25, 0.3) is 0 Å². The van der Waals surface area contributed by atoms with Gasteiger partial charge >= 0.3 is 6.03 Å². The zero-order valence-electron chi connectivity index (χ0n) is 14.2. The third-order valence-corrected chi connectivity index (χ3v) is 3.97. The van der Waals surface area contributed by atoms with Crippen LogP contribution in [0.1, 0.15) is 18.1 Å². The third kappa shape index (κ3) is 4.44. The van der Waals surface area contributed by atoms with Crippen LogP contribution in [0.25, 0.3) is 0 Å². The van der Waals surface area contributed by atoms with Gasteiger partial charge in [-0.3, -0.25) is 4.90 Å². The van der Waals surface area contributed by atoms with Gasteiger partial charge in [0.1, 0.15) is 5.82 Å². The zero-order valence-corrected chi connectivity index (χ0v) is 14.2. The van der Waals surface area contributed by atoms with E-state index in [1.807, 2.05) is 48.5 Å². The molecule has 25 heavy (non-hydrogen) atoms. The molecule has 1 heterocycles. The van der Waals surface area contributed by atoms with Gasteiger partial charge in [0, 0.05) is 11.9 Å². The van der Waals surface area contributed by atoms with Crippen molar-refractivity contribution in [1.29, 1.82) is 0 Å². The summed E-state index contributed by atoms with van der Waals surface area (Å²) < 4.78 is 0. The van der Waals surface area contributed by atoms with Crippen molar-refractivity contribution in [3.05, 3.63) is 90.1 Å². The molecule has 0 spiro atoms. The first-order valence-electron chi connectivity index (χ1n) is 8.38. The number of hydrogen-bond donors (Lipinski definition) is 1. The standard InChI is InChI=1S/C21H21N3O/c1-2-17-11-13-18(14-12-17)16-24(20-10-6-7-15-22-20)21(25)23-19-8-4-3-5-9-19/h3-15H,2,16H2,1H3,(H,23,25). The van der Waals surface area contributed by atoms with Crippen LogP contribution in [0.2, 0.25) is 0 Å². The highest BCUT2D eigenvalue weighted by atomic mass is 16.2. The smallest absolute Gasteiger partial charge is 0.307 e. The number of carbonyl (C=O) groups is 1. The molecular weight excluding hydrogens is 310 g/mol. The largest absolute Gasteiger partial charge is 0.327 e. The van der Waals surface area contributed by atoms with Crippen LogP contribution in [-0.2, 0) is 13.0 Å². The van der Waals surface area contributed by atoms with E-state index < -0.39 is 0 Å². The first kappa shape index (κ1) is 16.7. The number of urea groups is 1. The normalized spacial score (nSPS) is 10.3. The summed E-state index contributed by atoms with van der Waals surface area (Å²) in [6.45, 7) is 2.59. The molecule has 0 aliphatic rings. The van der Waals surface area contributed by atoms with Crippen molar-refractivity contribution >= 4 is 17.5 Å². The van der Waals surface area contributed by atoms with Gasteiger partial charge in [-0.1, -0.05) is 55.5 Å². The highest BCUT2D eigenvalue weighted by Crippen LogP contribution is 2.17. The predicted molar refractivity (Wildman–Crippen MR) is 102 cm³/mol. The summed E-state index contributed by atoms with van der Waals surface area (Å²) in [5.74, 6) is 0.621. The predicted octanol–water partition coefficient (Wildman–Crippen LogP) is 4.88. The van der Waals surface area contributed by atoms with E-state index in [0.717, 1.165) is 17.7 Å². The molecule has 3 rings (SSSR count). The molecule has 0 fully saturated rings.